The van der Waals surface area contributed by atoms with Gasteiger partial charge in [-0.25, -0.2) is 0 Å². The van der Waals surface area contributed by atoms with Crippen molar-refractivity contribution in [2.45, 2.75) is 26.6 Å². The molecular formula is C12H13ClO3. The minimum Gasteiger partial charge on any atom is -0.451 e. The third kappa shape index (κ3) is 2.30. The van der Waals surface area contributed by atoms with Gasteiger partial charge in [0.15, 0.2) is 11.5 Å². The van der Waals surface area contributed by atoms with Gasteiger partial charge in [-0.05, 0) is 29.3 Å². The molecule has 86 valence electrons. The molecule has 0 aromatic heterocycles. The summed E-state index contributed by atoms with van der Waals surface area (Å²) in [5.41, 5.74) is 0.840. The SMILES string of the molecule is CC(C)C1Oc2ccc(CC(=O)Cl)cc2O1. The van der Waals surface area contributed by atoms with Crippen LogP contribution in [-0.2, 0) is 11.2 Å². The topological polar surface area (TPSA) is 35.5 Å². The molecule has 1 aromatic carbocycles. The molecule has 0 bridgehead atoms. The third-order valence-corrected chi connectivity index (χ3v) is 2.52. The number of hydrogen-bond donors (Lipinski definition) is 0. The molecular weight excluding hydrogens is 228 g/mol. The van der Waals surface area contributed by atoms with E-state index in [1.54, 1.807) is 6.07 Å². The largest absolute Gasteiger partial charge is 0.451 e. The predicted octanol–water partition coefficient (Wildman–Crippen LogP) is 2.75. The van der Waals surface area contributed by atoms with Crippen LogP contribution in [0.1, 0.15) is 19.4 Å². The van der Waals surface area contributed by atoms with E-state index in [4.69, 9.17) is 21.1 Å². The Morgan fingerprint density at radius 1 is 1.38 bits per heavy atom. The highest BCUT2D eigenvalue weighted by Gasteiger charge is 2.26. The van der Waals surface area contributed by atoms with E-state index in [2.05, 4.69) is 0 Å². The molecule has 1 aromatic rings. The lowest BCUT2D eigenvalue weighted by Crippen LogP contribution is -2.24. The van der Waals surface area contributed by atoms with Crippen molar-refractivity contribution in [3.05, 3.63) is 23.8 Å². The molecule has 0 saturated heterocycles. The zero-order valence-corrected chi connectivity index (χ0v) is 9.95. The van der Waals surface area contributed by atoms with E-state index in [-0.39, 0.29) is 23.9 Å². The molecule has 4 heteroatoms. The van der Waals surface area contributed by atoms with Gasteiger partial charge in [0, 0.05) is 12.3 Å². The molecule has 0 N–H and O–H groups in total. The number of fused-ring (bicyclic) bond motifs is 1. The summed E-state index contributed by atoms with van der Waals surface area (Å²) in [6.07, 6.45) is -0.0261. The molecule has 1 aliphatic heterocycles. The van der Waals surface area contributed by atoms with E-state index < -0.39 is 0 Å². The Balaban J connectivity index is 2.17. The van der Waals surface area contributed by atoms with Crippen LogP contribution in [0.15, 0.2) is 18.2 Å². The fraction of sp³-hybridized carbons (Fsp3) is 0.417. The number of carbonyl (C=O) groups excluding carboxylic acids is 1. The molecule has 1 unspecified atom stereocenters. The summed E-state index contributed by atoms with van der Waals surface area (Å²) in [4.78, 5) is 10.8. The molecule has 0 radical (unpaired) electrons. The van der Waals surface area contributed by atoms with Crippen LogP contribution in [0.4, 0.5) is 0 Å². The van der Waals surface area contributed by atoms with E-state index >= 15 is 0 Å². The lowest BCUT2D eigenvalue weighted by atomic mass is 10.1. The Labute approximate surface area is 99.3 Å². The van der Waals surface area contributed by atoms with Crippen LogP contribution in [0, 0.1) is 5.92 Å². The molecule has 1 heterocycles. The highest BCUT2D eigenvalue weighted by molar-refractivity contribution is 6.63. The van der Waals surface area contributed by atoms with Crippen molar-refractivity contribution in [2.24, 2.45) is 5.92 Å². The summed E-state index contributed by atoms with van der Waals surface area (Å²) in [6, 6.07) is 5.44. The van der Waals surface area contributed by atoms with Gasteiger partial charge < -0.3 is 9.47 Å². The molecule has 2 rings (SSSR count). The van der Waals surface area contributed by atoms with Gasteiger partial charge in [-0.1, -0.05) is 19.9 Å². The van der Waals surface area contributed by atoms with Crippen molar-refractivity contribution in [3.63, 3.8) is 0 Å². The van der Waals surface area contributed by atoms with Gasteiger partial charge in [0.2, 0.25) is 11.5 Å². The summed E-state index contributed by atoms with van der Waals surface area (Å²) in [6.45, 7) is 4.06. The first-order valence-corrected chi connectivity index (χ1v) is 5.58. The van der Waals surface area contributed by atoms with Gasteiger partial charge in [0.05, 0.1) is 0 Å². The Kier molecular flexibility index (Phi) is 3.06. The van der Waals surface area contributed by atoms with Gasteiger partial charge in [-0.2, -0.15) is 0 Å². The number of hydrogen-bond acceptors (Lipinski definition) is 3. The van der Waals surface area contributed by atoms with Crippen molar-refractivity contribution in [1.82, 2.24) is 0 Å². The maximum atomic E-state index is 10.8. The van der Waals surface area contributed by atoms with Crippen LogP contribution in [-0.4, -0.2) is 11.5 Å². The van der Waals surface area contributed by atoms with E-state index in [9.17, 15) is 4.79 Å². The molecule has 1 aliphatic rings. The predicted molar refractivity (Wildman–Crippen MR) is 60.9 cm³/mol. The number of ether oxygens (including phenoxy) is 2. The maximum Gasteiger partial charge on any atom is 0.243 e. The molecule has 16 heavy (non-hydrogen) atoms. The smallest absolute Gasteiger partial charge is 0.243 e. The zero-order chi connectivity index (χ0) is 11.7. The van der Waals surface area contributed by atoms with E-state index in [1.807, 2.05) is 26.0 Å². The average molecular weight is 241 g/mol. The highest BCUT2D eigenvalue weighted by Crippen LogP contribution is 2.37. The van der Waals surface area contributed by atoms with Crippen LogP contribution in [0.5, 0.6) is 11.5 Å². The van der Waals surface area contributed by atoms with Crippen LogP contribution in [0.2, 0.25) is 0 Å². The number of benzene rings is 1. The summed E-state index contributed by atoms with van der Waals surface area (Å²) < 4.78 is 11.2. The molecule has 0 fully saturated rings. The van der Waals surface area contributed by atoms with Crippen LogP contribution in [0.25, 0.3) is 0 Å². The lowest BCUT2D eigenvalue weighted by molar-refractivity contribution is -0.111. The Morgan fingerprint density at radius 2 is 2.06 bits per heavy atom. The van der Waals surface area contributed by atoms with Crippen molar-refractivity contribution >= 4 is 16.8 Å². The second-order valence-corrected chi connectivity index (χ2v) is 4.58. The van der Waals surface area contributed by atoms with E-state index in [0.717, 1.165) is 11.3 Å². The molecule has 1 atom stereocenters. The van der Waals surface area contributed by atoms with Crippen LogP contribution in [0.3, 0.4) is 0 Å². The summed E-state index contributed by atoms with van der Waals surface area (Å²) in [7, 11) is 0. The van der Waals surface area contributed by atoms with E-state index in [1.165, 1.54) is 0 Å². The monoisotopic (exact) mass is 240 g/mol. The van der Waals surface area contributed by atoms with Crippen LogP contribution >= 0.6 is 11.6 Å². The quantitative estimate of drug-likeness (QED) is 0.762. The average Bonchev–Trinajstić information content (AvgIpc) is 2.59. The highest BCUT2D eigenvalue weighted by atomic mass is 35.5. The zero-order valence-electron chi connectivity index (χ0n) is 9.20. The fourth-order valence-electron chi connectivity index (χ4n) is 1.56. The van der Waals surface area contributed by atoms with Gasteiger partial charge in [0.1, 0.15) is 0 Å². The van der Waals surface area contributed by atoms with Gasteiger partial charge >= 0.3 is 0 Å². The van der Waals surface area contributed by atoms with Gasteiger partial charge in [-0.3, -0.25) is 4.79 Å². The summed E-state index contributed by atoms with van der Waals surface area (Å²) >= 11 is 5.33. The van der Waals surface area contributed by atoms with Crippen LogP contribution < -0.4 is 9.47 Å². The van der Waals surface area contributed by atoms with Gasteiger partial charge in [-0.15, -0.1) is 0 Å². The number of rotatable bonds is 3. The molecule has 0 aliphatic carbocycles. The molecule has 0 saturated carbocycles. The number of carbonyl (C=O) groups is 1. The van der Waals surface area contributed by atoms with Crippen molar-refractivity contribution in [2.75, 3.05) is 0 Å². The summed E-state index contributed by atoms with van der Waals surface area (Å²) in [5, 5.41) is -0.376. The number of halogens is 1. The third-order valence-electron chi connectivity index (χ3n) is 2.38. The van der Waals surface area contributed by atoms with Crippen molar-refractivity contribution in [1.29, 1.82) is 0 Å². The lowest BCUT2D eigenvalue weighted by Gasteiger charge is -2.12. The maximum absolute atomic E-state index is 10.8. The Morgan fingerprint density at radius 3 is 2.69 bits per heavy atom. The minimum absolute atomic E-state index is 0.213. The van der Waals surface area contributed by atoms with E-state index in [0.29, 0.717) is 5.75 Å². The first-order valence-electron chi connectivity index (χ1n) is 5.21. The van der Waals surface area contributed by atoms with Crippen molar-refractivity contribution in [3.8, 4) is 11.5 Å². The minimum atomic E-state index is -0.376. The Bertz CT molecular complexity index is 415. The molecule has 0 spiro atoms. The normalized spacial score (nSPS) is 17.9. The first-order chi connectivity index (χ1) is 7.56. The molecule has 3 nitrogen and oxygen atoms in total. The summed E-state index contributed by atoms with van der Waals surface area (Å²) in [5.74, 6) is 1.70. The van der Waals surface area contributed by atoms with Gasteiger partial charge in [0.25, 0.3) is 0 Å². The molecule has 0 amide bonds. The second kappa shape index (κ2) is 4.34. The second-order valence-electron chi connectivity index (χ2n) is 4.16. The van der Waals surface area contributed by atoms with Crippen molar-refractivity contribution < 1.29 is 14.3 Å². The Hall–Kier alpha value is -1.22. The standard InChI is InChI=1S/C12H13ClO3/c1-7(2)12-15-9-4-3-8(6-11(13)14)5-10(9)16-12/h3-5,7,12H,6H2,1-2H3. The fourth-order valence-corrected chi connectivity index (χ4v) is 1.71. The first kappa shape index (κ1) is 11.3.